The van der Waals surface area contributed by atoms with Gasteiger partial charge in [-0.15, -0.1) is 0 Å². The van der Waals surface area contributed by atoms with Gasteiger partial charge >= 0.3 is 0 Å². The van der Waals surface area contributed by atoms with E-state index in [-0.39, 0.29) is 0 Å². The zero-order valence-electron chi connectivity index (χ0n) is 18.6. The largest absolute Gasteiger partial charge is 0.508 e. The second-order valence-corrected chi connectivity index (χ2v) is 8.34. The van der Waals surface area contributed by atoms with Gasteiger partial charge in [-0.1, -0.05) is 97.5 Å². The van der Waals surface area contributed by atoms with Gasteiger partial charge in [0, 0.05) is 0 Å². The van der Waals surface area contributed by atoms with Crippen LogP contribution in [0.15, 0.2) is 12.1 Å². The highest BCUT2D eigenvalue weighted by Gasteiger charge is 2.13. The lowest BCUT2D eigenvalue weighted by molar-refractivity contribution is 0.463. The average molecular weight is 375 g/mol. The molecule has 0 unspecified atom stereocenters. The highest BCUT2D eigenvalue weighted by molar-refractivity contribution is 5.45. The van der Waals surface area contributed by atoms with Crippen LogP contribution in [0.3, 0.4) is 0 Å². The molecule has 0 heterocycles. The van der Waals surface area contributed by atoms with Crippen molar-refractivity contribution in [2.45, 2.75) is 130 Å². The van der Waals surface area contributed by atoms with E-state index >= 15 is 0 Å². The van der Waals surface area contributed by atoms with Crippen LogP contribution in [-0.4, -0.2) is 5.11 Å². The summed E-state index contributed by atoms with van der Waals surface area (Å²) in [6.45, 7) is 6.82. The molecule has 0 saturated heterocycles. The molecule has 156 valence electrons. The minimum absolute atomic E-state index is 0.548. The lowest BCUT2D eigenvalue weighted by Crippen LogP contribution is -2.03. The molecule has 0 amide bonds. The third-order valence-electron chi connectivity index (χ3n) is 5.86. The van der Waals surface area contributed by atoms with Gasteiger partial charge < -0.3 is 5.11 Å². The Morgan fingerprint density at radius 3 is 1.56 bits per heavy atom. The van der Waals surface area contributed by atoms with Crippen LogP contribution in [0.1, 0.15) is 127 Å². The molecule has 1 heteroatoms. The molecule has 0 saturated carbocycles. The molecule has 0 bridgehead atoms. The standard InChI is InChI=1S/C26H46O/c1-4-7-10-13-14-17-20-25-24(19-16-12-9-6-3)23(21-22-26(25)27)18-15-11-8-5-2/h21-22,27H,4-20H2,1-3H3. The molecular weight excluding hydrogens is 328 g/mol. The molecule has 0 aliphatic rings. The van der Waals surface area contributed by atoms with Gasteiger partial charge in [0.2, 0.25) is 0 Å². The van der Waals surface area contributed by atoms with E-state index in [1.807, 2.05) is 6.07 Å². The first-order valence-electron chi connectivity index (χ1n) is 12.1. The Kier molecular flexibility index (Phi) is 14.3. The first-order chi connectivity index (χ1) is 13.2. The fourth-order valence-corrected chi connectivity index (χ4v) is 4.11. The molecule has 1 N–H and O–H groups in total. The number of unbranched alkanes of at least 4 members (excludes halogenated alkanes) is 11. The van der Waals surface area contributed by atoms with Crippen molar-refractivity contribution in [3.8, 4) is 5.75 Å². The summed E-state index contributed by atoms with van der Waals surface area (Å²) in [6.07, 6.45) is 21.8. The second kappa shape index (κ2) is 16.0. The summed E-state index contributed by atoms with van der Waals surface area (Å²) >= 11 is 0. The molecule has 1 aromatic carbocycles. The van der Waals surface area contributed by atoms with Crippen LogP contribution in [0.4, 0.5) is 0 Å². The van der Waals surface area contributed by atoms with Gasteiger partial charge in [-0.25, -0.2) is 0 Å². The van der Waals surface area contributed by atoms with Crippen LogP contribution in [-0.2, 0) is 19.3 Å². The van der Waals surface area contributed by atoms with Gasteiger partial charge in [0.25, 0.3) is 0 Å². The van der Waals surface area contributed by atoms with Crippen molar-refractivity contribution in [2.24, 2.45) is 0 Å². The molecule has 0 aliphatic carbocycles. The van der Waals surface area contributed by atoms with E-state index in [2.05, 4.69) is 26.8 Å². The zero-order valence-corrected chi connectivity index (χ0v) is 18.6. The molecule has 1 nitrogen and oxygen atoms in total. The smallest absolute Gasteiger partial charge is 0.119 e. The van der Waals surface area contributed by atoms with E-state index in [9.17, 15) is 5.11 Å². The highest BCUT2D eigenvalue weighted by atomic mass is 16.3. The molecule has 0 spiro atoms. The maximum absolute atomic E-state index is 10.6. The Balaban J connectivity index is 2.73. The SMILES string of the molecule is CCCCCCCCc1c(O)ccc(CCCCCC)c1CCCCCC. The Hall–Kier alpha value is -0.980. The van der Waals surface area contributed by atoms with E-state index in [4.69, 9.17) is 0 Å². The van der Waals surface area contributed by atoms with Crippen molar-refractivity contribution < 1.29 is 5.11 Å². The van der Waals surface area contributed by atoms with Crippen LogP contribution in [0.2, 0.25) is 0 Å². The highest BCUT2D eigenvalue weighted by Crippen LogP contribution is 2.29. The number of aromatic hydroxyl groups is 1. The summed E-state index contributed by atoms with van der Waals surface area (Å²) in [5, 5.41) is 10.6. The van der Waals surface area contributed by atoms with E-state index in [1.54, 1.807) is 0 Å². The lowest BCUT2D eigenvalue weighted by atomic mass is 9.89. The minimum atomic E-state index is 0.548. The van der Waals surface area contributed by atoms with E-state index in [0.717, 1.165) is 12.8 Å². The monoisotopic (exact) mass is 374 g/mol. The summed E-state index contributed by atoms with van der Waals surface area (Å²) in [5.74, 6) is 0.548. The van der Waals surface area contributed by atoms with Crippen LogP contribution in [0, 0.1) is 0 Å². The van der Waals surface area contributed by atoms with Crippen LogP contribution >= 0.6 is 0 Å². The van der Waals surface area contributed by atoms with Gasteiger partial charge in [-0.05, 0) is 61.3 Å². The van der Waals surface area contributed by atoms with Crippen molar-refractivity contribution in [3.63, 3.8) is 0 Å². The summed E-state index contributed by atoms with van der Waals surface area (Å²) in [4.78, 5) is 0. The topological polar surface area (TPSA) is 20.2 Å². The number of benzene rings is 1. The maximum Gasteiger partial charge on any atom is 0.119 e. The average Bonchev–Trinajstić information content (AvgIpc) is 2.67. The minimum Gasteiger partial charge on any atom is -0.508 e. The Labute approximate surface area is 170 Å². The summed E-state index contributed by atoms with van der Waals surface area (Å²) < 4.78 is 0. The molecule has 0 atom stereocenters. The van der Waals surface area contributed by atoms with Crippen molar-refractivity contribution in [1.29, 1.82) is 0 Å². The number of rotatable bonds is 17. The van der Waals surface area contributed by atoms with E-state index in [1.165, 1.54) is 113 Å². The van der Waals surface area contributed by atoms with Crippen LogP contribution in [0.5, 0.6) is 5.75 Å². The lowest BCUT2D eigenvalue weighted by Gasteiger charge is -2.17. The number of phenols is 1. The van der Waals surface area contributed by atoms with Crippen molar-refractivity contribution in [1.82, 2.24) is 0 Å². The quantitative estimate of drug-likeness (QED) is 0.271. The first-order valence-corrected chi connectivity index (χ1v) is 12.1. The fourth-order valence-electron chi connectivity index (χ4n) is 4.11. The van der Waals surface area contributed by atoms with Gasteiger partial charge in [-0.2, -0.15) is 0 Å². The Morgan fingerprint density at radius 2 is 0.963 bits per heavy atom. The maximum atomic E-state index is 10.6. The van der Waals surface area contributed by atoms with Gasteiger partial charge in [0.15, 0.2) is 0 Å². The molecule has 0 aromatic heterocycles. The molecule has 0 radical (unpaired) electrons. The molecule has 27 heavy (non-hydrogen) atoms. The van der Waals surface area contributed by atoms with Crippen LogP contribution < -0.4 is 0 Å². The number of aryl methyl sites for hydroxylation is 1. The van der Waals surface area contributed by atoms with Gasteiger partial charge in [0.05, 0.1) is 0 Å². The molecule has 1 aromatic rings. The number of hydrogen-bond donors (Lipinski definition) is 1. The zero-order chi connectivity index (χ0) is 19.7. The van der Waals surface area contributed by atoms with Gasteiger partial charge in [-0.3, -0.25) is 0 Å². The summed E-state index contributed by atoms with van der Waals surface area (Å²) in [5.41, 5.74) is 4.28. The molecule has 0 fully saturated rings. The summed E-state index contributed by atoms with van der Waals surface area (Å²) in [6, 6.07) is 4.18. The van der Waals surface area contributed by atoms with Crippen LogP contribution in [0.25, 0.3) is 0 Å². The normalized spacial score (nSPS) is 11.2. The fraction of sp³-hybridized carbons (Fsp3) is 0.769. The van der Waals surface area contributed by atoms with Crippen molar-refractivity contribution in [3.05, 3.63) is 28.8 Å². The van der Waals surface area contributed by atoms with Crippen molar-refractivity contribution >= 4 is 0 Å². The molecule has 1 rings (SSSR count). The van der Waals surface area contributed by atoms with E-state index in [0.29, 0.717) is 5.75 Å². The van der Waals surface area contributed by atoms with E-state index < -0.39 is 0 Å². The second-order valence-electron chi connectivity index (χ2n) is 8.34. The molecule has 0 aliphatic heterocycles. The Morgan fingerprint density at radius 1 is 0.519 bits per heavy atom. The number of hydrogen-bond acceptors (Lipinski definition) is 1. The predicted molar refractivity (Wildman–Crippen MR) is 121 cm³/mol. The third kappa shape index (κ3) is 10.2. The number of phenolic OH excluding ortho intramolecular Hbond substituents is 1. The Bertz CT molecular complexity index is 477. The first kappa shape index (κ1) is 24.1. The third-order valence-corrected chi connectivity index (χ3v) is 5.86. The van der Waals surface area contributed by atoms with Crippen molar-refractivity contribution in [2.75, 3.05) is 0 Å². The molecular formula is C26H46O. The van der Waals surface area contributed by atoms with Gasteiger partial charge in [0.1, 0.15) is 5.75 Å². The summed E-state index contributed by atoms with van der Waals surface area (Å²) in [7, 11) is 0. The predicted octanol–water partition coefficient (Wildman–Crippen LogP) is 8.54.